The van der Waals surface area contributed by atoms with Crippen LogP contribution in [0, 0.1) is 0 Å². The van der Waals surface area contributed by atoms with Crippen LogP contribution in [-0.4, -0.2) is 70.1 Å². The largest absolute Gasteiger partial charge is 0.497 e. The molecule has 0 radical (unpaired) electrons. The van der Waals surface area contributed by atoms with Crippen molar-refractivity contribution in [3.8, 4) is 5.75 Å². The molecule has 35 heavy (non-hydrogen) atoms. The van der Waals surface area contributed by atoms with Crippen molar-refractivity contribution in [3.63, 3.8) is 0 Å². The normalized spacial score (nSPS) is 16.6. The molecule has 1 saturated carbocycles. The minimum absolute atomic E-state index is 0.166. The number of hydrogen-bond donors (Lipinski definition) is 1. The molecule has 1 aliphatic heterocycles. The number of methoxy groups -OCH3 is 1. The first-order valence-corrected chi connectivity index (χ1v) is 12.3. The molecule has 9 nitrogen and oxygen atoms in total. The summed E-state index contributed by atoms with van der Waals surface area (Å²) in [5.41, 5.74) is 1.67. The zero-order valence-electron chi connectivity index (χ0n) is 20.2. The third-order valence-corrected chi connectivity index (χ3v) is 7.05. The van der Waals surface area contributed by atoms with Crippen molar-refractivity contribution in [2.45, 2.75) is 38.6 Å². The molecule has 1 aliphatic carbocycles. The maximum absolute atomic E-state index is 13.6. The molecule has 2 fully saturated rings. The number of carbonyl (C=O) groups excluding carboxylic acids is 1. The van der Waals surface area contributed by atoms with Crippen LogP contribution in [-0.2, 0) is 13.0 Å². The standard InChI is InChI=1S/C26H31N5O4/c1-3-31-23-22(24(32)28-26(31)34)20(16-21(27-23)18-6-7-18)25(33)30-14-12-29(13-15-30)11-10-17-4-8-19(35-2)9-5-17/h4-5,8-9,16,18H,3,6-7,10-15H2,1-2H3,(H,28,32,34). The van der Waals surface area contributed by atoms with Gasteiger partial charge in [-0.1, -0.05) is 12.1 Å². The Bertz CT molecular complexity index is 1350. The first-order chi connectivity index (χ1) is 17.0. The summed E-state index contributed by atoms with van der Waals surface area (Å²) >= 11 is 0. The molecular formula is C26H31N5O4. The lowest BCUT2D eigenvalue weighted by Gasteiger charge is -2.35. The van der Waals surface area contributed by atoms with E-state index in [0.29, 0.717) is 36.8 Å². The fraction of sp³-hybridized carbons (Fsp3) is 0.462. The number of fused-ring (bicyclic) bond motifs is 1. The number of H-pyrrole nitrogens is 1. The zero-order valence-corrected chi connectivity index (χ0v) is 20.2. The quantitative estimate of drug-likeness (QED) is 0.559. The molecule has 2 aliphatic rings. The predicted octanol–water partition coefficient (Wildman–Crippen LogP) is 1.99. The molecule has 1 amide bonds. The molecule has 3 aromatic rings. The Balaban J connectivity index is 1.33. The number of aromatic nitrogens is 3. The lowest BCUT2D eigenvalue weighted by atomic mass is 10.1. The maximum Gasteiger partial charge on any atom is 0.329 e. The number of nitrogens with zero attached hydrogens (tertiary/aromatic N) is 4. The van der Waals surface area contributed by atoms with Gasteiger partial charge in [0.25, 0.3) is 11.5 Å². The Kier molecular flexibility index (Phi) is 6.42. The van der Waals surface area contributed by atoms with Gasteiger partial charge in [-0.3, -0.25) is 24.0 Å². The average molecular weight is 478 g/mol. The summed E-state index contributed by atoms with van der Waals surface area (Å²) in [4.78, 5) is 50.0. The Labute approximate surface area is 203 Å². The molecule has 184 valence electrons. The Morgan fingerprint density at radius 1 is 1.11 bits per heavy atom. The van der Waals surface area contributed by atoms with Gasteiger partial charge in [0.1, 0.15) is 5.75 Å². The van der Waals surface area contributed by atoms with E-state index in [4.69, 9.17) is 4.74 Å². The number of benzene rings is 1. The van der Waals surface area contributed by atoms with Crippen LogP contribution < -0.4 is 16.0 Å². The number of amides is 1. The molecule has 1 aromatic carbocycles. The number of piperazine rings is 1. The van der Waals surface area contributed by atoms with Gasteiger partial charge in [0.05, 0.1) is 18.1 Å². The van der Waals surface area contributed by atoms with E-state index in [2.05, 4.69) is 27.0 Å². The summed E-state index contributed by atoms with van der Waals surface area (Å²) in [6.45, 7) is 5.85. The number of rotatable bonds is 7. The molecule has 0 bridgehead atoms. The SMILES string of the molecule is CCn1c(=O)[nH]c(=O)c2c(C(=O)N3CCN(CCc4ccc(OC)cc4)CC3)cc(C3CC3)nc21. The summed E-state index contributed by atoms with van der Waals surface area (Å²) in [6.07, 6.45) is 2.96. The molecular weight excluding hydrogens is 446 g/mol. The van der Waals surface area contributed by atoms with Crippen molar-refractivity contribution in [1.82, 2.24) is 24.3 Å². The molecule has 0 spiro atoms. The highest BCUT2D eigenvalue weighted by molar-refractivity contribution is 6.05. The van der Waals surface area contributed by atoms with E-state index in [1.54, 1.807) is 13.2 Å². The van der Waals surface area contributed by atoms with Gasteiger partial charge in [-0.2, -0.15) is 0 Å². The highest BCUT2D eigenvalue weighted by Gasteiger charge is 2.30. The third-order valence-electron chi connectivity index (χ3n) is 7.05. The van der Waals surface area contributed by atoms with Crippen LogP contribution in [0.1, 0.15) is 47.3 Å². The molecule has 1 N–H and O–H groups in total. The van der Waals surface area contributed by atoms with Gasteiger partial charge in [-0.05, 0) is 49.9 Å². The van der Waals surface area contributed by atoms with Crippen molar-refractivity contribution in [3.05, 3.63) is 68.0 Å². The lowest BCUT2D eigenvalue weighted by molar-refractivity contribution is 0.0640. The molecule has 0 atom stereocenters. The van der Waals surface area contributed by atoms with Gasteiger partial charge in [0, 0.05) is 50.9 Å². The fourth-order valence-corrected chi connectivity index (χ4v) is 4.77. The van der Waals surface area contributed by atoms with Crippen molar-refractivity contribution in [1.29, 1.82) is 0 Å². The van der Waals surface area contributed by atoms with Crippen LogP contribution >= 0.6 is 0 Å². The van der Waals surface area contributed by atoms with Crippen LogP contribution in [0.4, 0.5) is 0 Å². The zero-order chi connectivity index (χ0) is 24.5. The van der Waals surface area contributed by atoms with Gasteiger partial charge in [-0.15, -0.1) is 0 Å². The molecule has 9 heteroatoms. The van der Waals surface area contributed by atoms with E-state index < -0.39 is 11.2 Å². The van der Waals surface area contributed by atoms with E-state index in [1.807, 2.05) is 24.0 Å². The fourth-order valence-electron chi connectivity index (χ4n) is 4.77. The van der Waals surface area contributed by atoms with Gasteiger partial charge in [0.2, 0.25) is 0 Å². The highest BCUT2D eigenvalue weighted by Crippen LogP contribution is 2.40. The number of ether oxygens (including phenoxy) is 1. The molecule has 0 unspecified atom stereocenters. The number of hydrogen-bond acceptors (Lipinski definition) is 6. The average Bonchev–Trinajstić information content (AvgIpc) is 3.73. The van der Waals surface area contributed by atoms with Crippen molar-refractivity contribution in [2.24, 2.45) is 0 Å². The second-order valence-electron chi connectivity index (χ2n) is 9.30. The molecule has 5 rings (SSSR count). The van der Waals surface area contributed by atoms with Crippen molar-refractivity contribution in [2.75, 3.05) is 39.8 Å². The smallest absolute Gasteiger partial charge is 0.329 e. The van der Waals surface area contributed by atoms with Gasteiger partial charge in [-0.25, -0.2) is 9.78 Å². The topological polar surface area (TPSA) is 101 Å². The van der Waals surface area contributed by atoms with Gasteiger partial charge in [0.15, 0.2) is 5.65 Å². The van der Waals surface area contributed by atoms with E-state index in [1.165, 1.54) is 10.1 Å². The minimum atomic E-state index is -0.550. The summed E-state index contributed by atoms with van der Waals surface area (Å²) in [5.74, 6) is 0.977. The van der Waals surface area contributed by atoms with Crippen LogP contribution in [0.5, 0.6) is 5.75 Å². The number of carbonyl (C=O) groups is 1. The highest BCUT2D eigenvalue weighted by atomic mass is 16.5. The van der Waals surface area contributed by atoms with E-state index in [-0.39, 0.29) is 11.3 Å². The second-order valence-corrected chi connectivity index (χ2v) is 9.30. The van der Waals surface area contributed by atoms with Crippen molar-refractivity contribution >= 4 is 16.9 Å². The van der Waals surface area contributed by atoms with Crippen LogP contribution in [0.2, 0.25) is 0 Å². The van der Waals surface area contributed by atoms with Gasteiger partial charge < -0.3 is 9.64 Å². The number of aromatic amines is 1. The van der Waals surface area contributed by atoms with Crippen LogP contribution in [0.25, 0.3) is 11.0 Å². The minimum Gasteiger partial charge on any atom is -0.497 e. The monoisotopic (exact) mass is 477 g/mol. The molecule has 2 aromatic heterocycles. The van der Waals surface area contributed by atoms with E-state index in [0.717, 1.165) is 50.3 Å². The Morgan fingerprint density at radius 3 is 2.46 bits per heavy atom. The Hall–Kier alpha value is -3.46. The lowest BCUT2D eigenvalue weighted by Crippen LogP contribution is -2.49. The van der Waals surface area contributed by atoms with Crippen LogP contribution in [0.15, 0.2) is 39.9 Å². The van der Waals surface area contributed by atoms with E-state index >= 15 is 0 Å². The number of pyridine rings is 1. The number of nitrogens with one attached hydrogen (secondary N) is 1. The number of aryl methyl sites for hydroxylation is 1. The van der Waals surface area contributed by atoms with Gasteiger partial charge >= 0.3 is 5.69 Å². The predicted molar refractivity (Wildman–Crippen MR) is 133 cm³/mol. The summed E-state index contributed by atoms with van der Waals surface area (Å²) in [6, 6.07) is 9.88. The van der Waals surface area contributed by atoms with E-state index in [9.17, 15) is 14.4 Å². The summed E-state index contributed by atoms with van der Waals surface area (Å²) < 4.78 is 6.66. The second kappa shape index (κ2) is 9.65. The first-order valence-electron chi connectivity index (χ1n) is 12.3. The molecule has 3 heterocycles. The third kappa shape index (κ3) is 4.73. The summed E-state index contributed by atoms with van der Waals surface area (Å²) in [5, 5.41) is 0.211. The van der Waals surface area contributed by atoms with Crippen LogP contribution in [0.3, 0.4) is 0 Å². The summed E-state index contributed by atoms with van der Waals surface area (Å²) in [7, 11) is 1.66. The molecule has 1 saturated heterocycles. The first kappa shape index (κ1) is 23.3. The maximum atomic E-state index is 13.6. The van der Waals surface area contributed by atoms with Crippen molar-refractivity contribution < 1.29 is 9.53 Å². The Morgan fingerprint density at radius 2 is 1.83 bits per heavy atom.